The van der Waals surface area contributed by atoms with E-state index in [1.807, 2.05) is 85.1 Å². The summed E-state index contributed by atoms with van der Waals surface area (Å²) in [5.41, 5.74) is 4.28. The van der Waals surface area contributed by atoms with Crippen LogP contribution >= 0.6 is 0 Å². The Labute approximate surface area is 168 Å². The van der Waals surface area contributed by atoms with Crippen molar-refractivity contribution in [3.63, 3.8) is 0 Å². The molecule has 0 bridgehead atoms. The normalized spacial score (nSPS) is 9.38. The second-order valence-electron chi connectivity index (χ2n) is 5.38. The van der Waals surface area contributed by atoms with Crippen molar-refractivity contribution in [3.05, 3.63) is 121 Å². The van der Waals surface area contributed by atoms with Crippen LogP contribution in [0.1, 0.15) is 11.3 Å². The van der Waals surface area contributed by atoms with Gasteiger partial charge in [-0.05, 0) is 30.3 Å². The van der Waals surface area contributed by atoms with Gasteiger partial charge in [0.2, 0.25) is 0 Å². The third-order valence-electron chi connectivity index (χ3n) is 3.52. The van der Waals surface area contributed by atoms with Crippen LogP contribution in [0.4, 0.5) is 0 Å². The summed E-state index contributed by atoms with van der Waals surface area (Å²) in [6.45, 7) is 0. The van der Waals surface area contributed by atoms with E-state index in [9.17, 15) is 0 Å². The van der Waals surface area contributed by atoms with Gasteiger partial charge in [0.1, 0.15) is 0 Å². The molecule has 2 heterocycles. The van der Waals surface area contributed by atoms with E-state index in [0.29, 0.717) is 0 Å². The van der Waals surface area contributed by atoms with Crippen molar-refractivity contribution in [2.75, 3.05) is 0 Å². The molecule has 0 unspecified atom stereocenters. The summed E-state index contributed by atoms with van der Waals surface area (Å²) >= 11 is 0. The first kappa shape index (κ1) is 19.7. The largest absolute Gasteiger partial charge is 0.305 e. The number of nitrogens with zero attached hydrogens (tertiary/aromatic N) is 2. The maximum atomic E-state index is 4.25. The van der Waals surface area contributed by atoms with Crippen LogP contribution < -0.4 is 0 Å². The van der Waals surface area contributed by atoms with Crippen molar-refractivity contribution in [1.82, 2.24) is 9.97 Å². The average Bonchev–Trinajstić information content (AvgIpc) is 2.71. The standard InChI is InChI=1S/C12H10N.C11H8N.Ir/c1-2-6-11(7-3-1)10-12-8-4-5-9-13-12;1-2-6-10(7-3-1)11-8-4-5-9-12-11;/h1-6,8-9H,10H2;1-6,8-9H;/q2*-1;. The first-order valence-corrected chi connectivity index (χ1v) is 8.15. The molecule has 0 atom stereocenters. The van der Waals surface area contributed by atoms with Gasteiger partial charge in [-0.15, -0.1) is 35.9 Å². The van der Waals surface area contributed by atoms with E-state index >= 15 is 0 Å². The van der Waals surface area contributed by atoms with E-state index in [1.165, 1.54) is 5.56 Å². The van der Waals surface area contributed by atoms with Crippen molar-refractivity contribution in [2.24, 2.45) is 0 Å². The molecule has 0 fully saturated rings. The summed E-state index contributed by atoms with van der Waals surface area (Å²) < 4.78 is 0. The van der Waals surface area contributed by atoms with E-state index in [2.05, 4.69) is 28.2 Å². The van der Waals surface area contributed by atoms with Crippen LogP contribution in [0.15, 0.2) is 97.3 Å². The van der Waals surface area contributed by atoms with Crippen LogP contribution in [0.25, 0.3) is 11.3 Å². The monoisotopic (exact) mass is 515 g/mol. The van der Waals surface area contributed by atoms with Crippen LogP contribution in [0, 0.1) is 12.1 Å². The number of aromatic nitrogens is 2. The summed E-state index contributed by atoms with van der Waals surface area (Å²) in [5.74, 6) is 0. The molecule has 2 nitrogen and oxygen atoms in total. The van der Waals surface area contributed by atoms with Gasteiger partial charge in [-0.3, -0.25) is 4.98 Å². The van der Waals surface area contributed by atoms with Crippen LogP contribution in [0.5, 0.6) is 0 Å². The molecule has 1 radical (unpaired) electrons. The molecule has 2 aromatic heterocycles. The fraction of sp³-hybridized carbons (Fsp3) is 0.0435. The smallest absolute Gasteiger partial charge is 0.0426 e. The molecule has 131 valence electrons. The predicted molar refractivity (Wildman–Crippen MR) is 101 cm³/mol. The van der Waals surface area contributed by atoms with Gasteiger partial charge in [0.25, 0.3) is 0 Å². The second-order valence-corrected chi connectivity index (χ2v) is 5.38. The van der Waals surface area contributed by atoms with Gasteiger partial charge >= 0.3 is 0 Å². The fourth-order valence-electron chi connectivity index (χ4n) is 2.31. The third kappa shape index (κ3) is 6.36. The minimum atomic E-state index is 0. The Balaban J connectivity index is 0.000000180. The van der Waals surface area contributed by atoms with Crippen molar-refractivity contribution in [1.29, 1.82) is 0 Å². The predicted octanol–water partition coefficient (Wildman–Crippen LogP) is 5.02. The van der Waals surface area contributed by atoms with Crippen LogP contribution in [0.3, 0.4) is 0 Å². The second kappa shape index (κ2) is 11.1. The first-order chi connectivity index (χ1) is 12.4. The summed E-state index contributed by atoms with van der Waals surface area (Å²) in [5, 5.41) is 0. The number of hydrogen-bond donors (Lipinski definition) is 0. The van der Waals surface area contributed by atoms with Gasteiger partial charge in [-0.25, -0.2) is 0 Å². The minimum absolute atomic E-state index is 0. The Kier molecular flexibility index (Phi) is 8.41. The molecule has 0 aliphatic carbocycles. The van der Waals surface area contributed by atoms with Crippen molar-refractivity contribution in [3.8, 4) is 11.3 Å². The number of pyridine rings is 2. The Morgan fingerprint density at radius 2 is 1.35 bits per heavy atom. The fourth-order valence-corrected chi connectivity index (χ4v) is 2.31. The molecular formula is C23H18IrN2-2. The van der Waals surface area contributed by atoms with Crippen LogP contribution in [-0.4, -0.2) is 9.97 Å². The first-order valence-electron chi connectivity index (χ1n) is 8.15. The summed E-state index contributed by atoms with van der Waals surface area (Å²) in [7, 11) is 0. The molecule has 4 rings (SSSR count). The molecule has 2 aromatic carbocycles. The molecule has 3 heteroatoms. The van der Waals surface area contributed by atoms with Gasteiger partial charge in [-0.1, -0.05) is 18.2 Å². The van der Waals surface area contributed by atoms with Crippen molar-refractivity contribution in [2.45, 2.75) is 6.42 Å². The SMILES string of the molecule is [Ir].[c-]1ccccc1-c1ccccn1.[c-]1ccccc1Cc1ccccn1. The zero-order valence-electron chi connectivity index (χ0n) is 14.2. The molecule has 0 saturated heterocycles. The van der Waals surface area contributed by atoms with Crippen LogP contribution in [0.2, 0.25) is 0 Å². The topological polar surface area (TPSA) is 25.8 Å². The van der Waals surface area contributed by atoms with Crippen LogP contribution in [-0.2, 0) is 26.5 Å². The Morgan fingerprint density at radius 1 is 0.654 bits per heavy atom. The Hall–Kier alpha value is -2.61. The molecule has 0 aliphatic rings. The maximum absolute atomic E-state index is 4.25. The zero-order chi connectivity index (χ0) is 17.2. The number of rotatable bonds is 3. The molecule has 0 spiro atoms. The van der Waals surface area contributed by atoms with E-state index in [4.69, 9.17) is 0 Å². The quantitative estimate of drug-likeness (QED) is 0.359. The van der Waals surface area contributed by atoms with Gasteiger partial charge in [-0.2, -0.15) is 35.9 Å². The molecule has 4 aromatic rings. The number of hydrogen-bond acceptors (Lipinski definition) is 2. The number of benzene rings is 2. The van der Waals surface area contributed by atoms with E-state index in [0.717, 1.165) is 23.4 Å². The third-order valence-corrected chi connectivity index (χ3v) is 3.52. The Morgan fingerprint density at radius 3 is 1.92 bits per heavy atom. The Bertz CT molecular complexity index is 776. The molecule has 0 N–H and O–H groups in total. The van der Waals surface area contributed by atoms with Gasteiger partial charge < -0.3 is 4.98 Å². The average molecular weight is 515 g/mol. The molecule has 26 heavy (non-hydrogen) atoms. The maximum Gasteiger partial charge on any atom is 0.0426 e. The zero-order valence-corrected chi connectivity index (χ0v) is 16.6. The molecule has 0 saturated carbocycles. The van der Waals surface area contributed by atoms with Crippen molar-refractivity contribution < 1.29 is 20.1 Å². The minimum Gasteiger partial charge on any atom is -0.305 e. The molecule has 0 aliphatic heterocycles. The molecular weight excluding hydrogens is 496 g/mol. The van der Waals surface area contributed by atoms with Crippen molar-refractivity contribution >= 4 is 0 Å². The van der Waals surface area contributed by atoms with Gasteiger partial charge in [0, 0.05) is 38.2 Å². The van der Waals surface area contributed by atoms with Gasteiger partial charge in [0.15, 0.2) is 0 Å². The van der Waals surface area contributed by atoms with Gasteiger partial charge in [0.05, 0.1) is 0 Å². The summed E-state index contributed by atoms with van der Waals surface area (Å²) in [4.78, 5) is 8.47. The molecule has 0 amide bonds. The van der Waals surface area contributed by atoms with E-state index < -0.39 is 0 Å². The van der Waals surface area contributed by atoms with E-state index in [-0.39, 0.29) is 20.1 Å². The van der Waals surface area contributed by atoms with E-state index in [1.54, 1.807) is 6.20 Å². The summed E-state index contributed by atoms with van der Waals surface area (Å²) in [6, 6.07) is 33.9. The summed E-state index contributed by atoms with van der Waals surface area (Å²) in [6.07, 6.45) is 4.47.